The first-order chi connectivity index (χ1) is 6.77. The van der Waals surface area contributed by atoms with Gasteiger partial charge in [-0.2, -0.15) is 11.8 Å². The molecule has 1 N–H and O–H groups in total. The molecule has 84 valence electrons. The highest BCUT2D eigenvalue weighted by Crippen LogP contribution is 2.34. The molecule has 1 fully saturated rings. The van der Waals surface area contributed by atoms with E-state index in [1.807, 2.05) is 11.8 Å². The fraction of sp³-hybridized carbons (Fsp3) is 1.00. The monoisotopic (exact) mass is 216 g/mol. The van der Waals surface area contributed by atoms with Gasteiger partial charge in [-0.25, -0.2) is 0 Å². The van der Waals surface area contributed by atoms with Gasteiger partial charge in [-0.3, -0.25) is 0 Å². The van der Waals surface area contributed by atoms with Gasteiger partial charge in [0.05, 0.1) is 6.10 Å². The van der Waals surface area contributed by atoms with Gasteiger partial charge in [-0.1, -0.05) is 19.8 Å². The fourth-order valence-corrected chi connectivity index (χ4v) is 3.13. The van der Waals surface area contributed by atoms with E-state index in [1.54, 1.807) is 0 Å². The SMILES string of the molecule is CCCC1CCC(O)C(CCSC)C1. The minimum Gasteiger partial charge on any atom is -0.393 e. The Kier molecular flexibility index (Phi) is 5.95. The lowest BCUT2D eigenvalue weighted by atomic mass is 9.76. The molecule has 3 unspecified atom stereocenters. The molecule has 0 amide bonds. The van der Waals surface area contributed by atoms with Crippen LogP contribution in [0.1, 0.15) is 45.4 Å². The van der Waals surface area contributed by atoms with Crippen LogP contribution in [0.15, 0.2) is 0 Å². The van der Waals surface area contributed by atoms with E-state index in [-0.39, 0.29) is 6.10 Å². The predicted molar refractivity (Wildman–Crippen MR) is 64.7 cm³/mol. The van der Waals surface area contributed by atoms with Gasteiger partial charge in [0.15, 0.2) is 0 Å². The number of aliphatic hydroxyl groups is 1. The molecule has 1 saturated carbocycles. The average Bonchev–Trinajstić information content (AvgIpc) is 2.19. The molecule has 0 aliphatic heterocycles. The van der Waals surface area contributed by atoms with Crippen LogP contribution >= 0.6 is 11.8 Å². The van der Waals surface area contributed by atoms with E-state index in [9.17, 15) is 5.11 Å². The number of hydrogen-bond donors (Lipinski definition) is 1. The third kappa shape index (κ3) is 3.82. The van der Waals surface area contributed by atoms with Crippen molar-refractivity contribution >= 4 is 11.8 Å². The molecule has 0 saturated heterocycles. The Hall–Kier alpha value is 0.310. The molecule has 0 aromatic rings. The topological polar surface area (TPSA) is 20.2 Å². The Labute approximate surface area is 92.7 Å². The molecule has 0 aromatic heterocycles. The standard InChI is InChI=1S/C12H24OS/c1-3-4-10-5-6-12(13)11(9-10)7-8-14-2/h10-13H,3-9H2,1-2H3. The van der Waals surface area contributed by atoms with Gasteiger partial charge in [-0.05, 0) is 49.5 Å². The second-order valence-electron chi connectivity index (χ2n) is 4.58. The van der Waals surface area contributed by atoms with E-state index in [0.29, 0.717) is 5.92 Å². The lowest BCUT2D eigenvalue weighted by Crippen LogP contribution is -2.29. The zero-order valence-corrected chi connectivity index (χ0v) is 10.4. The molecule has 1 rings (SSSR count). The molecule has 1 aliphatic rings. The number of rotatable bonds is 5. The lowest BCUT2D eigenvalue weighted by Gasteiger charge is -2.33. The van der Waals surface area contributed by atoms with Crippen LogP contribution in [0.4, 0.5) is 0 Å². The van der Waals surface area contributed by atoms with Crippen molar-refractivity contribution in [2.75, 3.05) is 12.0 Å². The first kappa shape index (κ1) is 12.4. The lowest BCUT2D eigenvalue weighted by molar-refractivity contribution is 0.0449. The molecule has 0 radical (unpaired) electrons. The molecular formula is C12H24OS. The summed E-state index contributed by atoms with van der Waals surface area (Å²) in [6.45, 7) is 2.27. The maximum absolute atomic E-state index is 9.87. The summed E-state index contributed by atoms with van der Waals surface area (Å²) < 4.78 is 0. The first-order valence-corrected chi connectivity index (χ1v) is 7.34. The van der Waals surface area contributed by atoms with Crippen molar-refractivity contribution in [1.29, 1.82) is 0 Å². The van der Waals surface area contributed by atoms with Crippen molar-refractivity contribution in [3.63, 3.8) is 0 Å². The van der Waals surface area contributed by atoms with Gasteiger partial charge in [-0.15, -0.1) is 0 Å². The zero-order chi connectivity index (χ0) is 10.4. The summed E-state index contributed by atoms with van der Waals surface area (Å²) in [6, 6.07) is 0. The second-order valence-corrected chi connectivity index (χ2v) is 5.56. The van der Waals surface area contributed by atoms with Crippen molar-refractivity contribution in [3.8, 4) is 0 Å². The summed E-state index contributed by atoms with van der Waals surface area (Å²) in [5, 5.41) is 9.87. The zero-order valence-electron chi connectivity index (χ0n) is 9.54. The second kappa shape index (κ2) is 6.73. The Balaban J connectivity index is 2.30. The molecule has 2 heteroatoms. The molecule has 14 heavy (non-hydrogen) atoms. The van der Waals surface area contributed by atoms with Crippen molar-refractivity contribution in [2.45, 2.75) is 51.6 Å². The maximum Gasteiger partial charge on any atom is 0.0568 e. The molecule has 1 nitrogen and oxygen atoms in total. The molecule has 1 aliphatic carbocycles. The summed E-state index contributed by atoms with van der Waals surface area (Å²) in [5.41, 5.74) is 0. The van der Waals surface area contributed by atoms with Crippen molar-refractivity contribution < 1.29 is 5.11 Å². The van der Waals surface area contributed by atoms with E-state index < -0.39 is 0 Å². The largest absolute Gasteiger partial charge is 0.393 e. The van der Waals surface area contributed by atoms with Gasteiger partial charge >= 0.3 is 0 Å². The van der Waals surface area contributed by atoms with Crippen LogP contribution in [0.3, 0.4) is 0 Å². The number of hydrogen-bond acceptors (Lipinski definition) is 2. The van der Waals surface area contributed by atoms with Crippen LogP contribution < -0.4 is 0 Å². The van der Waals surface area contributed by atoms with Crippen molar-refractivity contribution in [2.24, 2.45) is 11.8 Å². The predicted octanol–water partition coefficient (Wildman–Crippen LogP) is 3.32. The summed E-state index contributed by atoms with van der Waals surface area (Å²) in [6.07, 6.45) is 9.60. The highest BCUT2D eigenvalue weighted by atomic mass is 32.2. The minimum atomic E-state index is -0.00439. The van der Waals surface area contributed by atoms with E-state index in [4.69, 9.17) is 0 Å². The number of aliphatic hydroxyl groups excluding tert-OH is 1. The molecule has 3 atom stereocenters. The summed E-state index contributed by atoms with van der Waals surface area (Å²) >= 11 is 1.90. The van der Waals surface area contributed by atoms with Crippen LogP contribution in [0, 0.1) is 11.8 Å². The maximum atomic E-state index is 9.87. The van der Waals surface area contributed by atoms with Crippen LogP contribution in [0.2, 0.25) is 0 Å². The highest BCUT2D eigenvalue weighted by molar-refractivity contribution is 7.98. The van der Waals surface area contributed by atoms with Crippen LogP contribution in [-0.2, 0) is 0 Å². The van der Waals surface area contributed by atoms with E-state index in [1.165, 1.54) is 37.9 Å². The molecule has 0 bridgehead atoms. The van der Waals surface area contributed by atoms with Crippen LogP contribution in [0.5, 0.6) is 0 Å². The Morgan fingerprint density at radius 3 is 2.71 bits per heavy atom. The van der Waals surface area contributed by atoms with Gasteiger partial charge in [0.1, 0.15) is 0 Å². The van der Waals surface area contributed by atoms with E-state index in [0.717, 1.165) is 12.3 Å². The molecule has 0 heterocycles. The minimum absolute atomic E-state index is 0.00439. The Bertz CT molecular complexity index is 149. The highest BCUT2D eigenvalue weighted by Gasteiger charge is 2.27. The normalized spacial score (nSPS) is 33.2. The Morgan fingerprint density at radius 2 is 2.07 bits per heavy atom. The van der Waals surface area contributed by atoms with Crippen molar-refractivity contribution in [1.82, 2.24) is 0 Å². The summed E-state index contributed by atoms with van der Waals surface area (Å²) in [7, 11) is 0. The van der Waals surface area contributed by atoms with Crippen molar-refractivity contribution in [3.05, 3.63) is 0 Å². The van der Waals surface area contributed by atoms with E-state index >= 15 is 0 Å². The van der Waals surface area contributed by atoms with Gasteiger partial charge in [0.2, 0.25) is 0 Å². The summed E-state index contributed by atoms with van der Waals surface area (Å²) in [4.78, 5) is 0. The van der Waals surface area contributed by atoms with Gasteiger partial charge < -0.3 is 5.11 Å². The van der Waals surface area contributed by atoms with Crippen LogP contribution in [-0.4, -0.2) is 23.2 Å². The van der Waals surface area contributed by atoms with Gasteiger partial charge in [0.25, 0.3) is 0 Å². The van der Waals surface area contributed by atoms with Gasteiger partial charge in [0, 0.05) is 0 Å². The fourth-order valence-electron chi connectivity index (χ4n) is 2.60. The Morgan fingerprint density at radius 1 is 1.29 bits per heavy atom. The van der Waals surface area contributed by atoms with E-state index in [2.05, 4.69) is 13.2 Å². The quantitative estimate of drug-likeness (QED) is 0.761. The first-order valence-electron chi connectivity index (χ1n) is 5.95. The molecule has 0 aromatic carbocycles. The number of thioether (sulfide) groups is 1. The smallest absolute Gasteiger partial charge is 0.0568 e. The third-order valence-corrected chi connectivity index (χ3v) is 4.08. The summed E-state index contributed by atoms with van der Waals surface area (Å²) in [5.74, 6) is 2.70. The molecule has 0 spiro atoms. The average molecular weight is 216 g/mol. The third-order valence-electron chi connectivity index (χ3n) is 3.44. The van der Waals surface area contributed by atoms with Crippen LogP contribution in [0.25, 0.3) is 0 Å². The molecular weight excluding hydrogens is 192 g/mol.